The number of benzene rings is 1. The molecule has 1 aliphatic rings. The van der Waals surface area contributed by atoms with Crippen LogP contribution in [-0.2, 0) is 0 Å². The Morgan fingerprint density at radius 1 is 1.05 bits per heavy atom. The molecule has 1 fully saturated rings. The van der Waals surface area contributed by atoms with E-state index in [1.807, 2.05) is 0 Å². The van der Waals surface area contributed by atoms with E-state index in [1.165, 1.54) is 42.4 Å². The number of hydrogen-bond acceptors (Lipinski definition) is 1. The zero-order valence-corrected chi connectivity index (χ0v) is 14.8. The van der Waals surface area contributed by atoms with E-state index in [-0.39, 0.29) is 0 Å². The lowest BCUT2D eigenvalue weighted by Gasteiger charge is -2.40. The summed E-state index contributed by atoms with van der Waals surface area (Å²) >= 11 is 0. The molecule has 118 valence electrons. The first-order valence-electron chi connectivity index (χ1n) is 8.58. The quantitative estimate of drug-likeness (QED) is 0.783. The minimum absolute atomic E-state index is 0.472. The Hall–Kier alpha value is -0.820. The molecule has 1 aromatic rings. The summed E-state index contributed by atoms with van der Waals surface area (Å²) < 4.78 is 0. The Balaban J connectivity index is 2.12. The van der Waals surface area contributed by atoms with E-state index in [9.17, 15) is 0 Å². The average molecular weight is 287 g/mol. The highest BCUT2D eigenvalue weighted by atomic mass is 14.9. The smallest absolute Gasteiger partial charge is 0.0348 e. The number of aryl methyl sites for hydroxylation is 1. The molecule has 1 aromatic carbocycles. The van der Waals surface area contributed by atoms with Crippen LogP contribution in [0.2, 0.25) is 0 Å². The molecule has 1 atom stereocenters. The van der Waals surface area contributed by atoms with Crippen LogP contribution in [0, 0.1) is 31.1 Å². The summed E-state index contributed by atoms with van der Waals surface area (Å²) in [6.45, 7) is 11.7. The van der Waals surface area contributed by atoms with E-state index in [0.717, 1.165) is 11.8 Å². The minimum Gasteiger partial charge on any atom is -0.313 e. The molecule has 21 heavy (non-hydrogen) atoms. The Kier molecular flexibility index (Phi) is 5.14. The third kappa shape index (κ3) is 3.69. The first-order chi connectivity index (χ1) is 9.84. The topological polar surface area (TPSA) is 12.0 Å². The van der Waals surface area contributed by atoms with E-state index in [2.05, 4.69) is 65.2 Å². The second-order valence-corrected chi connectivity index (χ2v) is 8.03. The summed E-state index contributed by atoms with van der Waals surface area (Å²) in [5.41, 5.74) is 4.86. The van der Waals surface area contributed by atoms with Gasteiger partial charge in [-0.25, -0.2) is 0 Å². The van der Waals surface area contributed by atoms with Crippen molar-refractivity contribution in [1.29, 1.82) is 0 Å². The van der Waals surface area contributed by atoms with Gasteiger partial charge in [-0.1, -0.05) is 39.0 Å². The standard InChI is InChI=1S/C20H33N/c1-14-8-7-9-18(15(14)2)19(21-6)16-10-12-17(13-11-16)20(3,4)5/h7-9,16-17,19,21H,10-13H2,1-6H3. The molecule has 0 saturated heterocycles. The van der Waals surface area contributed by atoms with Crippen LogP contribution in [0.5, 0.6) is 0 Å². The first-order valence-corrected chi connectivity index (χ1v) is 8.58. The van der Waals surface area contributed by atoms with Crippen molar-refractivity contribution in [2.45, 2.75) is 66.3 Å². The van der Waals surface area contributed by atoms with Gasteiger partial charge >= 0.3 is 0 Å². The highest BCUT2D eigenvalue weighted by Gasteiger charge is 2.33. The van der Waals surface area contributed by atoms with Gasteiger partial charge in [0, 0.05) is 6.04 Å². The summed E-state index contributed by atoms with van der Waals surface area (Å²) in [6.07, 6.45) is 5.50. The molecule has 0 amide bonds. The lowest BCUT2D eigenvalue weighted by Crippen LogP contribution is -2.32. The fourth-order valence-electron chi connectivity index (χ4n) is 4.07. The predicted octanol–water partition coefficient (Wildman–Crippen LogP) is 5.42. The SMILES string of the molecule is CNC(c1cccc(C)c1C)C1CCC(C(C)(C)C)CC1. The van der Waals surface area contributed by atoms with E-state index < -0.39 is 0 Å². The molecule has 1 heteroatoms. The normalized spacial score (nSPS) is 24.9. The van der Waals surface area contributed by atoms with Crippen LogP contribution in [0.1, 0.15) is 69.2 Å². The van der Waals surface area contributed by atoms with Gasteiger partial charge in [-0.3, -0.25) is 0 Å². The molecule has 1 saturated carbocycles. The van der Waals surface area contributed by atoms with Crippen LogP contribution in [-0.4, -0.2) is 7.05 Å². The van der Waals surface area contributed by atoms with Gasteiger partial charge in [0.15, 0.2) is 0 Å². The van der Waals surface area contributed by atoms with Crippen LogP contribution in [0.25, 0.3) is 0 Å². The molecule has 1 nitrogen and oxygen atoms in total. The van der Waals surface area contributed by atoms with E-state index >= 15 is 0 Å². The fraction of sp³-hybridized carbons (Fsp3) is 0.700. The van der Waals surface area contributed by atoms with Crippen LogP contribution in [0.3, 0.4) is 0 Å². The van der Waals surface area contributed by atoms with E-state index in [0.29, 0.717) is 11.5 Å². The molecule has 1 unspecified atom stereocenters. The van der Waals surface area contributed by atoms with Gasteiger partial charge in [0.1, 0.15) is 0 Å². The Morgan fingerprint density at radius 3 is 2.19 bits per heavy atom. The van der Waals surface area contributed by atoms with Gasteiger partial charge in [0.05, 0.1) is 0 Å². The van der Waals surface area contributed by atoms with Gasteiger partial charge in [-0.15, -0.1) is 0 Å². The summed E-state index contributed by atoms with van der Waals surface area (Å²) in [7, 11) is 2.13. The zero-order valence-electron chi connectivity index (χ0n) is 14.8. The maximum Gasteiger partial charge on any atom is 0.0348 e. The molecule has 0 heterocycles. The molecule has 0 aliphatic heterocycles. The lowest BCUT2D eigenvalue weighted by molar-refractivity contribution is 0.134. The summed E-state index contributed by atoms with van der Waals surface area (Å²) in [5.74, 6) is 1.68. The predicted molar refractivity (Wildman–Crippen MR) is 92.6 cm³/mol. The average Bonchev–Trinajstić information content (AvgIpc) is 2.44. The van der Waals surface area contributed by atoms with Crippen LogP contribution >= 0.6 is 0 Å². The molecule has 2 rings (SSSR count). The highest BCUT2D eigenvalue weighted by molar-refractivity contribution is 5.35. The zero-order chi connectivity index (χ0) is 15.6. The number of hydrogen-bond donors (Lipinski definition) is 1. The largest absolute Gasteiger partial charge is 0.313 e. The van der Waals surface area contributed by atoms with Gasteiger partial charge in [0.25, 0.3) is 0 Å². The van der Waals surface area contributed by atoms with Crippen molar-refractivity contribution >= 4 is 0 Å². The minimum atomic E-state index is 0.472. The molecule has 0 spiro atoms. The van der Waals surface area contributed by atoms with Gasteiger partial charge in [-0.2, -0.15) is 0 Å². The van der Waals surface area contributed by atoms with Crippen molar-refractivity contribution in [2.75, 3.05) is 7.05 Å². The number of rotatable bonds is 3. The van der Waals surface area contributed by atoms with Crippen molar-refractivity contribution in [3.05, 3.63) is 34.9 Å². The molecule has 0 radical (unpaired) electrons. The Bertz CT molecular complexity index is 461. The molecule has 1 aliphatic carbocycles. The summed E-state index contributed by atoms with van der Waals surface area (Å²) in [6, 6.07) is 7.27. The fourth-order valence-corrected chi connectivity index (χ4v) is 4.07. The van der Waals surface area contributed by atoms with Gasteiger partial charge in [-0.05, 0) is 80.5 Å². The van der Waals surface area contributed by atoms with Crippen molar-refractivity contribution in [3.8, 4) is 0 Å². The van der Waals surface area contributed by atoms with Crippen LogP contribution in [0.4, 0.5) is 0 Å². The maximum absolute atomic E-state index is 3.61. The maximum atomic E-state index is 3.61. The molecule has 1 N–H and O–H groups in total. The van der Waals surface area contributed by atoms with Crippen molar-refractivity contribution in [1.82, 2.24) is 5.32 Å². The monoisotopic (exact) mass is 287 g/mol. The van der Waals surface area contributed by atoms with Crippen LogP contribution < -0.4 is 5.32 Å². The number of nitrogens with one attached hydrogen (secondary N) is 1. The second kappa shape index (κ2) is 6.52. The molecular weight excluding hydrogens is 254 g/mol. The Labute approximate surface area is 131 Å². The summed E-state index contributed by atoms with van der Waals surface area (Å²) in [5, 5.41) is 3.61. The molecule has 0 bridgehead atoms. The van der Waals surface area contributed by atoms with Crippen molar-refractivity contribution in [2.24, 2.45) is 17.3 Å². The lowest BCUT2D eigenvalue weighted by atomic mass is 9.68. The third-order valence-corrected chi connectivity index (χ3v) is 5.76. The van der Waals surface area contributed by atoms with Crippen molar-refractivity contribution < 1.29 is 0 Å². The first kappa shape index (κ1) is 16.5. The van der Waals surface area contributed by atoms with E-state index in [4.69, 9.17) is 0 Å². The second-order valence-electron chi connectivity index (χ2n) is 8.03. The molecular formula is C20H33N. The Morgan fingerprint density at radius 2 is 1.67 bits per heavy atom. The van der Waals surface area contributed by atoms with Gasteiger partial charge < -0.3 is 5.32 Å². The van der Waals surface area contributed by atoms with Crippen LogP contribution in [0.15, 0.2) is 18.2 Å². The summed E-state index contributed by atoms with van der Waals surface area (Å²) in [4.78, 5) is 0. The van der Waals surface area contributed by atoms with Gasteiger partial charge in [0.2, 0.25) is 0 Å². The van der Waals surface area contributed by atoms with E-state index in [1.54, 1.807) is 0 Å². The highest BCUT2D eigenvalue weighted by Crippen LogP contribution is 2.43. The third-order valence-electron chi connectivity index (χ3n) is 5.76. The molecule has 0 aromatic heterocycles. The van der Waals surface area contributed by atoms with Crippen molar-refractivity contribution in [3.63, 3.8) is 0 Å².